The van der Waals surface area contributed by atoms with Gasteiger partial charge >= 0.3 is 0 Å². The normalized spacial score (nSPS) is 10.6. The summed E-state index contributed by atoms with van der Waals surface area (Å²) < 4.78 is 11.4. The van der Waals surface area contributed by atoms with Crippen LogP contribution >= 0.6 is 11.6 Å². The van der Waals surface area contributed by atoms with Gasteiger partial charge in [0, 0.05) is 5.02 Å². The first-order valence-corrected chi connectivity index (χ1v) is 9.42. The fourth-order valence-electron chi connectivity index (χ4n) is 3.06. The summed E-state index contributed by atoms with van der Waals surface area (Å²) >= 11 is 6.15. The first-order valence-electron chi connectivity index (χ1n) is 9.04. The molecule has 1 amide bonds. The number of anilines is 1. The highest BCUT2D eigenvalue weighted by atomic mass is 35.5. The monoisotopic (exact) mass is 403 g/mol. The number of ether oxygens (including phenoxy) is 2. The van der Waals surface area contributed by atoms with Crippen LogP contribution in [0.15, 0.2) is 84.9 Å². The predicted octanol–water partition coefficient (Wildman–Crippen LogP) is 6.55. The molecule has 0 heterocycles. The molecule has 4 aromatic carbocycles. The molecule has 5 heteroatoms. The zero-order valence-electron chi connectivity index (χ0n) is 15.7. The molecule has 4 nitrogen and oxygen atoms in total. The van der Waals surface area contributed by atoms with Crippen LogP contribution in [-0.4, -0.2) is 13.0 Å². The molecule has 0 spiro atoms. The summed E-state index contributed by atoms with van der Waals surface area (Å²) in [5.41, 5.74) is 0.901. The molecule has 4 rings (SSSR count). The van der Waals surface area contributed by atoms with Crippen molar-refractivity contribution >= 4 is 34.0 Å². The average Bonchev–Trinajstić information content (AvgIpc) is 2.75. The second kappa shape index (κ2) is 8.25. The Bertz CT molecular complexity index is 1180. The highest BCUT2D eigenvalue weighted by Crippen LogP contribution is 2.33. The van der Waals surface area contributed by atoms with Crippen LogP contribution in [0.5, 0.6) is 17.2 Å². The SMILES string of the molecule is COc1cc2ccccc2cc1C(=O)Nc1cc(Cl)ccc1Oc1ccccc1. The number of halogens is 1. The summed E-state index contributed by atoms with van der Waals surface area (Å²) in [7, 11) is 1.55. The van der Waals surface area contributed by atoms with Crippen LogP contribution in [0.3, 0.4) is 0 Å². The Hall–Kier alpha value is -3.50. The third-order valence-corrected chi connectivity index (χ3v) is 4.71. The lowest BCUT2D eigenvalue weighted by atomic mass is 10.1. The molecule has 144 valence electrons. The van der Waals surface area contributed by atoms with E-state index < -0.39 is 0 Å². The Balaban J connectivity index is 1.68. The second-order valence-corrected chi connectivity index (χ2v) is 6.85. The van der Waals surface area contributed by atoms with Crippen LogP contribution < -0.4 is 14.8 Å². The van der Waals surface area contributed by atoms with Crippen molar-refractivity contribution in [2.24, 2.45) is 0 Å². The maximum absolute atomic E-state index is 13.1. The van der Waals surface area contributed by atoms with Gasteiger partial charge in [-0.15, -0.1) is 0 Å². The van der Waals surface area contributed by atoms with Crippen molar-refractivity contribution in [1.29, 1.82) is 0 Å². The topological polar surface area (TPSA) is 47.6 Å². The lowest BCUT2D eigenvalue weighted by molar-refractivity contribution is 0.102. The molecule has 0 radical (unpaired) electrons. The van der Waals surface area contributed by atoms with E-state index in [1.54, 1.807) is 25.3 Å². The number of nitrogens with one attached hydrogen (secondary N) is 1. The lowest BCUT2D eigenvalue weighted by Gasteiger charge is -2.14. The number of rotatable bonds is 5. The largest absolute Gasteiger partial charge is 0.496 e. The molecule has 0 aromatic heterocycles. The zero-order valence-corrected chi connectivity index (χ0v) is 16.4. The minimum atomic E-state index is -0.312. The third kappa shape index (κ3) is 4.18. The third-order valence-electron chi connectivity index (χ3n) is 4.47. The highest BCUT2D eigenvalue weighted by Gasteiger charge is 2.16. The van der Waals surface area contributed by atoms with Crippen LogP contribution in [0.4, 0.5) is 5.69 Å². The van der Waals surface area contributed by atoms with Crippen LogP contribution in [-0.2, 0) is 0 Å². The lowest BCUT2D eigenvalue weighted by Crippen LogP contribution is -2.14. The zero-order chi connectivity index (χ0) is 20.2. The van der Waals surface area contributed by atoms with Crippen LogP contribution in [0.25, 0.3) is 10.8 Å². The van der Waals surface area contributed by atoms with Gasteiger partial charge in [-0.3, -0.25) is 4.79 Å². The fourth-order valence-corrected chi connectivity index (χ4v) is 3.23. The van der Waals surface area contributed by atoms with Crippen molar-refractivity contribution in [2.75, 3.05) is 12.4 Å². The summed E-state index contributed by atoms with van der Waals surface area (Å²) in [5, 5.41) is 5.34. The number of carbonyl (C=O) groups is 1. The molecule has 0 bridgehead atoms. The van der Waals surface area contributed by atoms with Crippen molar-refractivity contribution in [1.82, 2.24) is 0 Å². The molecule has 4 aromatic rings. The second-order valence-electron chi connectivity index (χ2n) is 6.41. The molecule has 0 fully saturated rings. The first-order chi connectivity index (χ1) is 14.1. The molecule has 0 saturated carbocycles. The van der Waals surface area contributed by atoms with E-state index in [-0.39, 0.29) is 5.91 Å². The Morgan fingerprint density at radius 1 is 0.828 bits per heavy atom. The summed E-state index contributed by atoms with van der Waals surface area (Å²) in [6, 6.07) is 25.9. The molecule has 0 unspecified atom stereocenters. The van der Waals surface area contributed by atoms with Gasteiger partial charge in [-0.05, 0) is 53.2 Å². The molecule has 0 aliphatic heterocycles. The summed E-state index contributed by atoms with van der Waals surface area (Å²) in [5.74, 6) is 1.34. The minimum Gasteiger partial charge on any atom is -0.496 e. The van der Waals surface area contributed by atoms with E-state index in [4.69, 9.17) is 21.1 Å². The molecule has 1 N–H and O–H groups in total. The van der Waals surface area contributed by atoms with Gasteiger partial charge in [-0.2, -0.15) is 0 Å². The van der Waals surface area contributed by atoms with Gasteiger partial charge in [0.05, 0.1) is 18.4 Å². The van der Waals surface area contributed by atoms with E-state index in [0.29, 0.717) is 33.5 Å². The first kappa shape index (κ1) is 18.8. The Labute approximate surface area is 173 Å². The molecule has 0 aliphatic rings. The maximum atomic E-state index is 13.1. The van der Waals surface area contributed by atoms with Crippen LogP contribution in [0.1, 0.15) is 10.4 Å². The summed E-state index contributed by atoms with van der Waals surface area (Å²) in [6.07, 6.45) is 0. The van der Waals surface area contributed by atoms with Gasteiger partial charge in [0.1, 0.15) is 11.5 Å². The maximum Gasteiger partial charge on any atom is 0.259 e. The number of carbonyl (C=O) groups excluding carboxylic acids is 1. The van der Waals surface area contributed by atoms with E-state index in [1.165, 1.54) is 0 Å². The number of fused-ring (bicyclic) bond motifs is 1. The Morgan fingerprint density at radius 2 is 1.52 bits per heavy atom. The van der Waals surface area contributed by atoms with Crippen LogP contribution in [0, 0.1) is 0 Å². The van der Waals surface area contributed by atoms with Crippen molar-refractivity contribution in [3.8, 4) is 17.2 Å². The molecule has 0 atom stereocenters. The predicted molar refractivity (Wildman–Crippen MR) is 116 cm³/mol. The Kier molecular flexibility index (Phi) is 5.36. The quantitative estimate of drug-likeness (QED) is 0.411. The van der Waals surface area contributed by atoms with Crippen molar-refractivity contribution in [3.05, 3.63) is 95.5 Å². The van der Waals surface area contributed by atoms with Gasteiger partial charge in [-0.1, -0.05) is 54.1 Å². The molecule has 29 heavy (non-hydrogen) atoms. The smallest absolute Gasteiger partial charge is 0.259 e. The van der Waals surface area contributed by atoms with Crippen LogP contribution in [0.2, 0.25) is 5.02 Å². The minimum absolute atomic E-state index is 0.312. The van der Waals surface area contributed by atoms with E-state index >= 15 is 0 Å². The van der Waals surface area contributed by atoms with Gasteiger partial charge < -0.3 is 14.8 Å². The van der Waals surface area contributed by atoms with E-state index in [1.807, 2.05) is 66.7 Å². The highest BCUT2D eigenvalue weighted by molar-refractivity contribution is 6.31. The summed E-state index contributed by atoms with van der Waals surface area (Å²) in [6.45, 7) is 0. The van der Waals surface area contributed by atoms with Gasteiger partial charge in [0.2, 0.25) is 0 Å². The average molecular weight is 404 g/mol. The number of para-hydroxylation sites is 1. The van der Waals surface area contributed by atoms with Gasteiger partial charge in [0.25, 0.3) is 5.91 Å². The van der Waals surface area contributed by atoms with E-state index in [2.05, 4.69) is 5.32 Å². The van der Waals surface area contributed by atoms with Crippen molar-refractivity contribution < 1.29 is 14.3 Å². The number of benzene rings is 4. The molecule has 0 saturated heterocycles. The van der Waals surface area contributed by atoms with Crippen molar-refractivity contribution in [3.63, 3.8) is 0 Å². The van der Waals surface area contributed by atoms with Gasteiger partial charge in [0.15, 0.2) is 5.75 Å². The number of methoxy groups -OCH3 is 1. The molecule has 0 aliphatic carbocycles. The standard InChI is InChI=1S/C24H18ClNO3/c1-28-23-14-17-8-6-5-7-16(17)13-20(23)24(27)26-21-15-18(25)11-12-22(21)29-19-9-3-2-4-10-19/h2-15H,1H3,(H,26,27). The fraction of sp³-hybridized carbons (Fsp3) is 0.0417. The molecular formula is C24H18ClNO3. The Morgan fingerprint density at radius 3 is 2.24 bits per heavy atom. The molecular weight excluding hydrogens is 386 g/mol. The number of amides is 1. The number of hydrogen-bond acceptors (Lipinski definition) is 3. The summed E-state index contributed by atoms with van der Waals surface area (Å²) in [4.78, 5) is 13.1. The van der Waals surface area contributed by atoms with E-state index in [9.17, 15) is 4.79 Å². The van der Waals surface area contributed by atoms with Crippen molar-refractivity contribution in [2.45, 2.75) is 0 Å². The van der Waals surface area contributed by atoms with Gasteiger partial charge in [-0.25, -0.2) is 0 Å². The number of hydrogen-bond donors (Lipinski definition) is 1. The van der Waals surface area contributed by atoms with E-state index in [0.717, 1.165) is 10.8 Å².